The first-order valence-corrected chi connectivity index (χ1v) is 7.61. The molecule has 110 valence electrons. The minimum atomic E-state index is -0.975. The van der Waals surface area contributed by atoms with Crippen molar-refractivity contribution in [3.8, 4) is 0 Å². The van der Waals surface area contributed by atoms with Crippen molar-refractivity contribution in [3.63, 3.8) is 0 Å². The molecule has 2 N–H and O–H groups in total. The summed E-state index contributed by atoms with van der Waals surface area (Å²) >= 11 is 1.33. The van der Waals surface area contributed by atoms with Gasteiger partial charge in [0.05, 0.1) is 17.3 Å². The maximum absolute atomic E-state index is 12.3. The van der Waals surface area contributed by atoms with E-state index in [4.69, 9.17) is 5.11 Å². The highest BCUT2D eigenvalue weighted by molar-refractivity contribution is 7.12. The first-order chi connectivity index (χ1) is 10.2. The van der Waals surface area contributed by atoms with Gasteiger partial charge in [-0.1, -0.05) is 36.4 Å². The summed E-state index contributed by atoms with van der Waals surface area (Å²) in [4.78, 5) is 23.8. The standard InChI is InChI=1S/C16H17NO3S/c18-15(19)11-13(16(20)14-7-4-10-21-14)17-9-8-12-5-2-1-3-6-12/h1-7,10,13,17H,8-9,11H2,(H,18,19). The maximum Gasteiger partial charge on any atom is 0.305 e. The zero-order chi connectivity index (χ0) is 15.1. The van der Waals surface area contributed by atoms with Gasteiger partial charge in [0.25, 0.3) is 0 Å². The van der Waals surface area contributed by atoms with E-state index >= 15 is 0 Å². The summed E-state index contributed by atoms with van der Waals surface area (Å²) in [6.45, 7) is 0.569. The van der Waals surface area contributed by atoms with Crippen molar-refractivity contribution in [1.29, 1.82) is 0 Å². The lowest BCUT2D eigenvalue weighted by Gasteiger charge is -2.15. The van der Waals surface area contributed by atoms with Crippen LogP contribution in [0.1, 0.15) is 21.7 Å². The molecule has 1 heterocycles. The molecule has 21 heavy (non-hydrogen) atoms. The van der Waals surface area contributed by atoms with Crippen molar-refractivity contribution in [1.82, 2.24) is 5.32 Å². The van der Waals surface area contributed by atoms with E-state index in [1.54, 1.807) is 12.1 Å². The number of carboxylic acids is 1. The van der Waals surface area contributed by atoms with Crippen LogP contribution in [0.2, 0.25) is 0 Å². The Hall–Kier alpha value is -1.98. The van der Waals surface area contributed by atoms with E-state index in [1.165, 1.54) is 11.3 Å². The summed E-state index contributed by atoms with van der Waals surface area (Å²) in [7, 11) is 0. The van der Waals surface area contributed by atoms with E-state index in [0.717, 1.165) is 12.0 Å². The fraction of sp³-hybridized carbons (Fsp3) is 0.250. The van der Waals surface area contributed by atoms with Crippen molar-refractivity contribution in [2.45, 2.75) is 18.9 Å². The van der Waals surface area contributed by atoms with E-state index in [-0.39, 0.29) is 12.2 Å². The zero-order valence-electron chi connectivity index (χ0n) is 11.5. The lowest BCUT2D eigenvalue weighted by atomic mass is 10.1. The molecule has 0 aliphatic rings. The normalized spacial score (nSPS) is 12.0. The molecule has 1 unspecified atom stereocenters. The first kappa shape index (κ1) is 15.4. The van der Waals surface area contributed by atoms with Gasteiger partial charge in [0, 0.05) is 0 Å². The van der Waals surface area contributed by atoms with Gasteiger partial charge in [-0.2, -0.15) is 0 Å². The van der Waals surface area contributed by atoms with Crippen molar-refractivity contribution in [2.24, 2.45) is 0 Å². The van der Waals surface area contributed by atoms with Gasteiger partial charge in [-0.3, -0.25) is 9.59 Å². The van der Waals surface area contributed by atoms with Crippen LogP contribution < -0.4 is 5.32 Å². The van der Waals surface area contributed by atoms with Crippen molar-refractivity contribution >= 4 is 23.1 Å². The lowest BCUT2D eigenvalue weighted by Crippen LogP contribution is -2.39. The predicted molar refractivity (Wildman–Crippen MR) is 82.8 cm³/mol. The second kappa shape index (κ2) is 7.71. The predicted octanol–water partition coefficient (Wildman–Crippen LogP) is 2.61. The molecule has 4 nitrogen and oxygen atoms in total. The molecule has 1 aromatic heterocycles. The average Bonchev–Trinajstić information content (AvgIpc) is 3.00. The highest BCUT2D eigenvalue weighted by atomic mass is 32.1. The molecule has 5 heteroatoms. The number of rotatable bonds is 8. The molecule has 1 aromatic carbocycles. The van der Waals surface area contributed by atoms with Gasteiger partial charge in [0.15, 0.2) is 5.78 Å². The van der Waals surface area contributed by atoms with Crippen molar-refractivity contribution < 1.29 is 14.7 Å². The highest BCUT2D eigenvalue weighted by Gasteiger charge is 2.22. The number of Topliss-reactive ketones (excluding diaryl/α,β-unsaturated/α-hetero) is 1. The van der Waals surface area contributed by atoms with Crippen molar-refractivity contribution in [3.05, 3.63) is 58.3 Å². The Labute approximate surface area is 127 Å². The topological polar surface area (TPSA) is 66.4 Å². The number of carbonyl (C=O) groups is 2. The second-order valence-corrected chi connectivity index (χ2v) is 5.63. The zero-order valence-corrected chi connectivity index (χ0v) is 12.3. The monoisotopic (exact) mass is 303 g/mol. The number of carbonyl (C=O) groups excluding carboxylic acids is 1. The van der Waals surface area contributed by atoms with Gasteiger partial charge in [-0.05, 0) is 30.0 Å². The molecule has 0 saturated heterocycles. The van der Waals surface area contributed by atoms with E-state index in [2.05, 4.69) is 5.32 Å². The Morgan fingerprint density at radius 2 is 1.90 bits per heavy atom. The first-order valence-electron chi connectivity index (χ1n) is 6.73. The maximum atomic E-state index is 12.3. The molecule has 0 saturated carbocycles. The molecule has 2 aromatic rings. The van der Waals surface area contributed by atoms with Crippen LogP contribution in [0.25, 0.3) is 0 Å². The third-order valence-corrected chi connectivity index (χ3v) is 3.99. The Balaban J connectivity index is 1.93. The number of carboxylic acid groups (broad SMARTS) is 1. The van der Waals surface area contributed by atoms with Crippen LogP contribution in [0, 0.1) is 0 Å². The Bertz CT molecular complexity index is 581. The third kappa shape index (κ3) is 4.81. The Morgan fingerprint density at radius 3 is 2.52 bits per heavy atom. The van der Waals surface area contributed by atoms with Crippen LogP contribution in [0.4, 0.5) is 0 Å². The number of hydrogen-bond acceptors (Lipinski definition) is 4. The number of aliphatic carboxylic acids is 1. The minimum absolute atomic E-state index is 0.152. The molecule has 0 fully saturated rings. The van der Waals surface area contributed by atoms with Gasteiger partial charge in [-0.15, -0.1) is 11.3 Å². The van der Waals surface area contributed by atoms with Gasteiger partial charge in [0.1, 0.15) is 0 Å². The highest BCUT2D eigenvalue weighted by Crippen LogP contribution is 2.13. The van der Waals surface area contributed by atoms with Crippen LogP contribution in [-0.4, -0.2) is 29.4 Å². The summed E-state index contributed by atoms with van der Waals surface area (Å²) < 4.78 is 0. The summed E-state index contributed by atoms with van der Waals surface area (Å²) in [6.07, 6.45) is 0.556. The van der Waals surface area contributed by atoms with E-state index in [1.807, 2.05) is 35.7 Å². The molecule has 0 radical (unpaired) electrons. The van der Waals surface area contributed by atoms with Gasteiger partial charge in [-0.25, -0.2) is 0 Å². The number of thiophene rings is 1. The molecule has 0 spiro atoms. The molecular formula is C16H17NO3S. The van der Waals surface area contributed by atoms with Crippen LogP contribution in [-0.2, 0) is 11.2 Å². The van der Waals surface area contributed by atoms with E-state index < -0.39 is 12.0 Å². The number of hydrogen-bond donors (Lipinski definition) is 2. The molecule has 0 aliphatic heterocycles. The molecule has 0 aliphatic carbocycles. The Kier molecular flexibility index (Phi) is 5.66. The summed E-state index contributed by atoms with van der Waals surface area (Å²) in [6, 6.07) is 12.7. The fourth-order valence-electron chi connectivity index (χ4n) is 2.06. The minimum Gasteiger partial charge on any atom is -0.481 e. The third-order valence-electron chi connectivity index (χ3n) is 3.11. The van der Waals surface area contributed by atoms with Gasteiger partial charge < -0.3 is 10.4 Å². The average molecular weight is 303 g/mol. The molecule has 2 rings (SSSR count). The van der Waals surface area contributed by atoms with Gasteiger partial charge >= 0.3 is 5.97 Å². The molecule has 1 atom stereocenters. The second-order valence-electron chi connectivity index (χ2n) is 4.68. The SMILES string of the molecule is O=C(O)CC(NCCc1ccccc1)C(=O)c1cccs1. The summed E-state index contributed by atoms with van der Waals surface area (Å²) in [5, 5.41) is 13.8. The van der Waals surface area contributed by atoms with Gasteiger partial charge in [0.2, 0.25) is 0 Å². The van der Waals surface area contributed by atoms with Crippen LogP contribution in [0.15, 0.2) is 47.8 Å². The largest absolute Gasteiger partial charge is 0.481 e. The number of nitrogens with one attached hydrogen (secondary N) is 1. The van der Waals surface area contributed by atoms with E-state index in [9.17, 15) is 9.59 Å². The smallest absolute Gasteiger partial charge is 0.305 e. The number of benzene rings is 1. The summed E-state index contributed by atoms with van der Waals surface area (Å²) in [5.41, 5.74) is 1.16. The number of ketones is 1. The fourth-order valence-corrected chi connectivity index (χ4v) is 2.78. The van der Waals surface area contributed by atoms with Crippen LogP contribution >= 0.6 is 11.3 Å². The van der Waals surface area contributed by atoms with Crippen LogP contribution in [0.5, 0.6) is 0 Å². The van der Waals surface area contributed by atoms with Crippen molar-refractivity contribution in [2.75, 3.05) is 6.54 Å². The summed E-state index contributed by atoms with van der Waals surface area (Å²) in [5.74, 6) is -1.13. The van der Waals surface area contributed by atoms with Crippen LogP contribution in [0.3, 0.4) is 0 Å². The molecule has 0 bridgehead atoms. The molecular weight excluding hydrogens is 286 g/mol. The molecule has 0 amide bonds. The Morgan fingerprint density at radius 1 is 1.14 bits per heavy atom. The van der Waals surface area contributed by atoms with E-state index in [0.29, 0.717) is 11.4 Å². The lowest BCUT2D eigenvalue weighted by molar-refractivity contribution is -0.137. The quantitative estimate of drug-likeness (QED) is 0.736.